The van der Waals surface area contributed by atoms with E-state index >= 15 is 0 Å². The van der Waals surface area contributed by atoms with Crippen LogP contribution in [0.15, 0.2) is 0 Å². The SMILES string of the molecule is CC(C)CCC(C)NC(=O)C1CCCC(N)C1. The summed E-state index contributed by atoms with van der Waals surface area (Å²) in [5.74, 6) is 1.08. The third kappa shape index (κ3) is 5.53. The van der Waals surface area contributed by atoms with E-state index in [0.29, 0.717) is 12.0 Å². The standard InChI is InChI=1S/C14H28N2O/c1-10(2)7-8-11(3)16-14(17)12-5-4-6-13(15)9-12/h10-13H,4-9,15H2,1-3H3,(H,16,17). The maximum Gasteiger partial charge on any atom is 0.223 e. The average molecular weight is 240 g/mol. The molecule has 0 saturated heterocycles. The van der Waals surface area contributed by atoms with Crippen LogP contribution in [-0.2, 0) is 4.79 Å². The monoisotopic (exact) mass is 240 g/mol. The number of carbonyl (C=O) groups excluding carboxylic acids is 1. The van der Waals surface area contributed by atoms with Crippen molar-refractivity contribution in [3.05, 3.63) is 0 Å². The van der Waals surface area contributed by atoms with Crippen LogP contribution in [0, 0.1) is 11.8 Å². The molecule has 100 valence electrons. The number of amides is 1. The Balaban J connectivity index is 2.27. The summed E-state index contributed by atoms with van der Waals surface area (Å²) < 4.78 is 0. The quantitative estimate of drug-likeness (QED) is 0.775. The van der Waals surface area contributed by atoms with Crippen LogP contribution in [0.25, 0.3) is 0 Å². The summed E-state index contributed by atoms with van der Waals surface area (Å²) in [4.78, 5) is 12.0. The van der Waals surface area contributed by atoms with Crippen molar-refractivity contribution in [3.8, 4) is 0 Å². The van der Waals surface area contributed by atoms with Crippen LogP contribution in [0.3, 0.4) is 0 Å². The second-order valence-electron chi connectivity index (χ2n) is 6.00. The van der Waals surface area contributed by atoms with E-state index in [4.69, 9.17) is 5.73 Å². The highest BCUT2D eigenvalue weighted by atomic mass is 16.1. The van der Waals surface area contributed by atoms with Crippen LogP contribution in [0.1, 0.15) is 59.3 Å². The Hall–Kier alpha value is -0.570. The predicted molar refractivity (Wildman–Crippen MR) is 71.6 cm³/mol. The molecule has 17 heavy (non-hydrogen) atoms. The van der Waals surface area contributed by atoms with E-state index in [2.05, 4.69) is 26.1 Å². The zero-order valence-electron chi connectivity index (χ0n) is 11.5. The van der Waals surface area contributed by atoms with Gasteiger partial charge in [-0.2, -0.15) is 0 Å². The third-order valence-corrected chi connectivity index (χ3v) is 3.65. The molecule has 3 unspecified atom stereocenters. The van der Waals surface area contributed by atoms with Gasteiger partial charge in [-0.3, -0.25) is 4.79 Å². The van der Waals surface area contributed by atoms with E-state index in [0.717, 1.165) is 32.1 Å². The molecule has 0 aliphatic heterocycles. The van der Waals surface area contributed by atoms with Gasteiger partial charge in [-0.1, -0.05) is 20.3 Å². The van der Waals surface area contributed by atoms with Gasteiger partial charge in [0, 0.05) is 18.0 Å². The lowest BCUT2D eigenvalue weighted by atomic mass is 9.85. The Morgan fingerprint density at radius 2 is 2.00 bits per heavy atom. The maximum absolute atomic E-state index is 12.0. The lowest BCUT2D eigenvalue weighted by molar-refractivity contribution is -0.126. The fraction of sp³-hybridized carbons (Fsp3) is 0.929. The molecule has 0 heterocycles. The minimum Gasteiger partial charge on any atom is -0.353 e. The minimum absolute atomic E-state index is 0.153. The normalized spacial score (nSPS) is 26.9. The zero-order chi connectivity index (χ0) is 12.8. The van der Waals surface area contributed by atoms with E-state index in [1.165, 1.54) is 6.42 Å². The van der Waals surface area contributed by atoms with Crippen LogP contribution in [-0.4, -0.2) is 18.0 Å². The van der Waals surface area contributed by atoms with Gasteiger partial charge in [-0.05, 0) is 44.9 Å². The Bertz CT molecular complexity index is 240. The van der Waals surface area contributed by atoms with Gasteiger partial charge in [0.15, 0.2) is 0 Å². The Kier molecular flexibility index (Phi) is 5.96. The Morgan fingerprint density at radius 1 is 1.29 bits per heavy atom. The summed E-state index contributed by atoms with van der Waals surface area (Å²) in [6.07, 6.45) is 6.29. The highest BCUT2D eigenvalue weighted by molar-refractivity contribution is 5.79. The molecule has 3 nitrogen and oxygen atoms in total. The molecule has 3 atom stereocenters. The molecule has 1 fully saturated rings. The van der Waals surface area contributed by atoms with Crippen LogP contribution in [0.2, 0.25) is 0 Å². The number of nitrogens with one attached hydrogen (secondary N) is 1. The molecule has 1 saturated carbocycles. The molecular formula is C14H28N2O. The van der Waals surface area contributed by atoms with Crippen LogP contribution in [0.4, 0.5) is 0 Å². The molecule has 3 N–H and O–H groups in total. The highest BCUT2D eigenvalue weighted by Crippen LogP contribution is 2.23. The Labute approximate surface area is 106 Å². The first kappa shape index (κ1) is 14.5. The fourth-order valence-corrected chi connectivity index (χ4v) is 2.48. The summed E-state index contributed by atoms with van der Waals surface area (Å²) in [7, 11) is 0. The van der Waals surface area contributed by atoms with Gasteiger partial charge in [0.2, 0.25) is 5.91 Å². The summed E-state index contributed by atoms with van der Waals surface area (Å²) in [5.41, 5.74) is 5.91. The van der Waals surface area contributed by atoms with Gasteiger partial charge in [-0.25, -0.2) is 0 Å². The molecule has 1 aliphatic carbocycles. The predicted octanol–water partition coefficient (Wildman–Crippen LogP) is 2.44. The Morgan fingerprint density at radius 3 is 2.59 bits per heavy atom. The first-order chi connectivity index (χ1) is 7.99. The van der Waals surface area contributed by atoms with Crippen molar-refractivity contribution >= 4 is 5.91 Å². The molecule has 0 aromatic heterocycles. The first-order valence-corrected chi connectivity index (χ1v) is 7.05. The van der Waals surface area contributed by atoms with Crippen LogP contribution >= 0.6 is 0 Å². The molecule has 0 aromatic rings. The number of hydrogen-bond acceptors (Lipinski definition) is 2. The van der Waals surface area contributed by atoms with E-state index in [1.54, 1.807) is 0 Å². The van der Waals surface area contributed by atoms with Gasteiger partial charge in [0.1, 0.15) is 0 Å². The lowest BCUT2D eigenvalue weighted by Crippen LogP contribution is -2.41. The highest BCUT2D eigenvalue weighted by Gasteiger charge is 2.25. The molecule has 0 spiro atoms. The van der Waals surface area contributed by atoms with Crippen molar-refractivity contribution in [1.29, 1.82) is 0 Å². The number of hydrogen-bond donors (Lipinski definition) is 2. The van der Waals surface area contributed by atoms with Crippen molar-refractivity contribution < 1.29 is 4.79 Å². The second-order valence-corrected chi connectivity index (χ2v) is 6.00. The smallest absolute Gasteiger partial charge is 0.223 e. The molecule has 3 heteroatoms. The molecule has 1 aliphatic rings. The van der Waals surface area contributed by atoms with Gasteiger partial charge in [0.05, 0.1) is 0 Å². The fourth-order valence-electron chi connectivity index (χ4n) is 2.48. The van der Waals surface area contributed by atoms with Gasteiger partial charge in [-0.15, -0.1) is 0 Å². The molecule has 1 amide bonds. The number of nitrogens with two attached hydrogens (primary N) is 1. The van der Waals surface area contributed by atoms with Crippen molar-refractivity contribution in [2.24, 2.45) is 17.6 Å². The second kappa shape index (κ2) is 7.00. The number of carbonyl (C=O) groups is 1. The number of rotatable bonds is 5. The molecule has 0 aromatic carbocycles. The topological polar surface area (TPSA) is 55.1 Å². The van der Waals surface area contributed by atoms with E-state index in [-0.39, 0.29) is 17.9 Å². The molecule has 0 radical (unpaired) electrons. The van der Waals surface area contributed by atoms with Gasteiger partial charge in [0.25, 0.3) is 0 Å². The zero-order valence-corrected chi connectivity index (χ0v) is 11.5. The molecular weight excluding hydrogens is 212 g/mol. The summed E-state index contributed by atoms with van der Waals surface area (Å²) in [5, 5.41) is 3.13. The van der Waals surface area contributed by atoms with Crippen molar-refractivity contribution in [3.63, 3.8) is 0 Å². The van der Waals surface area contributed by atoms with E-state index in [1.807, 2.05) is 0 Å². The summed E-state index contributed by atoms with van der Waals surface area (Å²) in [6, 6.07) is 0.522. The van der Waals surface area contributed by atoms with Crippen LogP contribution in [0.5, 0.6) is 0 Å². The average Bonchev–Trinajstić information content (AvgIpc) is 2.26. The maximum atomic E-state index is 12.0. The van der Waals surface area contributed by atoms with Crippen LogP contribution < -0.4 is 11.1 Å². The molecule has 1 rings (SSSR count). The largest absolute Gasteiger partial charge is 0.353 e. The minimum atomic E-state index is 0.153. The molecule has 0 bridgehead atoms. The first-order valence-electron chi connectivity index (χ1n) is 7.05. The van der Waals surface area contributed by atoms with Gasteiger partial charge >= 0.3 is 0 Å². The van der Waals surface area contributed by atoms with Gasteiger partial charge < -0.3 is 11.1 Å². The van der Waals surface area contributed by atoms with Crippen molar-refractivity contribution in [2.75, 3.05) is 0 Å². The van der Waals surface area contributed by atoms with Crippen molar-refractivity contribution in [2.45, 2.75) is 71.4 Å². The van der Waals surface area contributed by atoms with E-state index < -0.39 is 0 Å². The summed E-state index contributed by atoms with van der Waals surface area (Å²) >= 11 is 0. The third-order valence-electron chi connectivity index (χ3n) is 3.65. The lowest BCUT2D eigenvalue weighted by Gasteiger charge is -2.27. The summed E-state index contributed by atoms with van der Waals surface area (Å²) in [6.45, 7) is 6.53. The van der Waals surface area contributed by atoms with E-state index in [9.17, 15) is 4.79 Å². The van der Waals surface area contributed by atoms with Crippen molar-refractivity contribution in [1.82, 2.24) is 5.32 Å².